The molecule has 1 N–H and O–H groups in total. The van der Waals surface area contributed by atoms with Gasteiger partial charge in [-0.15, -0.1) is 11.8 Å². The van der Waals surface area contributed by atoms with Gasteiger partial charge in [0.05, 0.1) is 17.6 Å². The smallest absolute Gasteiger partial charge is 0.303 e. The van der Waals surface area contributed by atoms with Crippen LogP contribution in [0.15, 0.2) is 30.3 Å². The molecule has 0 saturated carbocycles. The van der Waals surface area contributed by atoms with Crippen LogP contribution in [-0.4, -0.2) is 35.0 Å². The number of aliphatic carboxylic acids is 1. The number of carbonyl (C=O) groups is 2. The molecule has 1 aromatic carbocycles. The summed E-state index contributed by atoms with van der Waals surface area (Å²) in [5, 5.41) is 17.1. The molecule has 0 spiro atoms. The standard InChI is InChI=1S/C14H16N2O3S/c15-8-10-20-11-13(17)16(9-4-7-14(18)19)12-5-2-1-3-6-12/h1-3,5-6H,4,7,9-11H2,(H,18,19). The lowest BCUT2D eigenvalue weighted by Crippen LogP contribution is -2.33. The van der Waals surface area contributed by atoms with E-state index in [1.54, 1.807) is 4.90 Å². The first-order valence-corrected chi connectivity index (χ1v) is 7.32. The van der Waals surface area contributed by atoms with E-state index in [1.807, 2.05) is 36.4 Å². The molecule has 0 atom stereocenters. The van der Waals surface area contributed by atoms with Gasteiger partial charge in [0.1, 0.15) is 0 Å². The molecule has 0 radical (unpaired) electrons. The van der Waals surface area contributed by atoms with Crippen molar-refractivity contribution in [3.8, 4) is 6.07 Å². The van der Waals surface area contributed by atoms with Gasteiger partial charge in [0.2, 0.25) is 5.91 Å². The van der Waals surface area contributed by atoms with Crippen LogP contribution in [0.1, 0.15) is 12.8 Å². The number of hydrogen-bond acceptors (Lipinski definition) is 4. The van der Waals surface area contributed by atoms with Crippen LogP contribution >= 0.6 is 11.8 Å². The number of amides is 1. The molecule has 0 unspecified atom stereocenters. The Hall–Kier alpha value is -2.00. The summed E-state index contributed by atoms with van der Waals surface area (Å²) in [6.07, 6.45) is 0.431. The average Bonchev–Trinajstić information content (AvgIpc) is 2.44. The van der Waals surface area contributed by atoms with E-state index in [0.717, 1.165) is 5.69 Å². The molecular formula is C14H16N2O3S. The maximum atomic E-state index is 12.1. The number of nitriles is 1. The van der Waals surface area contributed by atoms with Crippen LogP contribution in [0.25, 0.3) is 0 Å². The molecule has 1 rings (SSSR count). The summed E-state index contributed by atoms with van der Waals surface area (Å²) in [5.41, 5.74) is 0.750. The van der Waals surface area contributed by atoms with E-state index in [-0.39, 0.29) is 23.8 Å². The SMILES string of the molecule is N#CCSCC(=O)N(CCCC(=O)O)c1ccccc1. The number of nitrogens with zero attached hydrogens (tertiary/aromatic N) is 2. The molecule has 5 nitrogen and oxygen atoms in total. The first-order valence-electron chi connectivity index (χ1n) is 6.17. The molecule has 106 valence electrons. The van der Waals surface area contributed by atoms with Crippen molar-refractivity contribution in [2.75, 3.05) is 23.0 Å². The van der Waals surface area contributed by atoms with E-state index >= 15 is 0 Å². The number of carboxylic acid groups (broad SMARTS) is 1. The van der Waals surface area contributed by atoms with Crippen molar-refractivity contribution in [3.63, 3.8) is 0 Å². The highest BCUT2D eigenvalue weighted by atomic mass is 32.2. The second kappa shape index (κ2) is 8.99. The summed E-state index contributed by atoms with van der Waals surface area (Å²) in [7, 11) is 0. The van der Waals surface area contributed by atoms with Crippen molar-refractivity contribution in [1.29, 1.82) is 5.26 Å². The van der Waals surface area contributed by atoms with Crippen LogP contribution in [0, 0.1) is 11.3 Å². The van der Waals surface area contributed by atoms with Gasteiger partial charge < -0.3 is 10.0 Å². The maximum Gasteiger partial charge on any atom is 0.303 e. The fraction of sp³-hybridized carbons (Fsp3) is 0.357. The summed E-state index contributed by atoms with van der Waals surface area (Å²) in [6, 6.07) is 11.1. The van der Waals surface area contributed by atoms with Gasteiger partial charge in [-0.2, -0.15) is 5.26 Å². The zero-order valence-corrected chi connectivity index (χ0v) is 11.8. The number of carbonyl (C=O) groups excluding carboxylic acids is 1. The summed E-state index contributed by atoms with van der Waals surface area (Å²) in [5.74, 6) is -0.495. The Morgan fingerprint density at radius 3 is 2.60 bits per heavy atom. The predicted molar refractivity (Wildman–Crippen MR) is 78.6 cm³/mol. The molecule has 0 aliphatic carbocycles. The van der Waals surface area contributed by atoms with Gasteiger partial charge in [-0.25, -0.2) is 0 Å². The lowest BCUT2D eigenvalue weighted by molar-refractivity contribution is -0.137. The topological polar surface area (TPSA) is 81.4 Å². The van der Waals surface area contributed by atoms with E-state index in [0.29, 0.717) is 13.0 Å². The monoisotopic (exact) mass is 292 g/mol. The molecule has 1 aromatic rings. The largest absolute Gasteiger partial charge is 0.481 e. The second-order valence-electron chi connectivity index (χ2n) is 4.03. The molecule has 0 saturated heterocycles. The second-order valence-corrected chi connectivity index (χ2v) is 5.01. The molecule has 20 heavy (non-hydrogen) atoms. The number of thioether (sulfide) groups is 1. The normalized spacial score (nSPS) is 9.75. The third-order valence-electron chi connectivity index (χ3n) is 2.53. The van der Waals surface area contributed by atoms with Gasteiger partial charge in [0, 0.05) is 18.7 Å². The maximum absolute atomic E-state index is 12.1. The van der Waals surface area contributed by atoms with Crippen molar-refractivity contribution in [2.24, 2.45) is 0 Å². The first kappa shape index (κ1) is 16.1. The van der Waals surface area contributed by atoms with Crippen molar-refractivity contribution in [2.45, 2.75) is 12.8 Å². The fourth-order valence-electron chi connectivity index (χ4n) is 1.66. The zero-order chi connectivity index (χ0) is 14.8. The molecule has 0 bridgehead atoms. The van der Waals surface area contributed by atoms with E-state index in [2.05, 4.69) is 0 Å². The van der Waals surface area contributed by atoms with Crippen molar-refractivity contribution in [3.05, 3.63) is 30.3 Å². The Morgan fingerprint density at radius 1 is 1.30 bits per heavy atom. The van der Waals surface area contributed by atoms with Crippen LogP contribution in [0.5, 0.6) is 0 Å². The fourth-order valence-corrected chi connectivity index (χ4v) is 2.18. The lowest BCUT2D eigenvalue weighted by atomic mass is 10.2. The summed E-state index contributed by atoms with van der Waals surface area (Å²) in [6.45, 7) is 0.363. The first-order chi connectivity index (χ1) is 9.65. The molecule has 0 aliphatic rings. The number of hydrogen-bond donors (Lipinski definition) is 1. The minimum atomic E-state index is -0.871. The van der Waals surface area contributed by atoms with E-state index in [9.17, 15) is 9.59 Å². The highest BCUT2D eigenvalue weighted by Crippen LogP contribution is 2.16. The van der Waals surface area contributed by atoms with E-state index < -0.39 is 5.97 Å². The molecule has 6 heteroatoms. The van der Waals surface area contributed by atoms with Crippen LogP contribution in [-0.2, 0) is 9.59 Å². The number of para-hydroxylation sites is 1. The predicted octanol–water partition coefficient (Wildman–Crippen LogP) is 2.14. The third kappa shape index (κ3) is 5.76. The van der Waals surface area contributed by atoms with E-state index in [4.69, 9.17) is 10.4 Å². The highest BCUT2D eigenvalue weighted by molar-refractivity contribution is 8.00. The van der Waals surface area contributed by atoms with Gasteiger partial charge in [-0.3, -0.25) is 9.59 Å². The van der Waals surface area contributed by atoms with Gasteiger partial charge in [-0.05, 0) is 18.6 Å². The Bertz CT molecular complexity index is 485. The molecule has 0 aliphatic heterocycles. The van der Waals surface area contributed by atoms with Crippen LogP contribution in [0.3, 0.4) is 0 Å². The lowest BCUT2D eigenvalue weighted by Gasteiger charge is -2.22. The van der Waals surface area contributed by atoms with Crippen molar-refractivity contribution >= 4 is 29.3 Å². The number of anilines is 1. The molecule has 1 amide bonds. The van der Waals surface area contributed by atoms with Crippen LogP contribution in [0.2, 0.25) is 0 Å². The number of rotatable bonds is 8. The van der Waals surface area contributed by atoms with Crippen LogP contribution < -0.4 is 4.90 Å². The Morgan fingerprint density at radius 2 is 2.00 bits per heavy atom. The molecular weight excluding hydrogens is 276 g/mol. The molecule has 0 fully saturated rings. The number of benzene rings is 1. The van der Waals surface area contributed by atoms with Gasteiger partial charge in [0.15, 0.2) is 0 Å². The molecule has 0 heterocycles. The third-order valence-corrected chi connectivity index (χ3v) is 3.32. The van der Waals surface area contributed by atoms with Crippen molar-refractivity contribution < 1.29 is 14.7 Å². The van der Waals surface area contributed by atoms with E-state index in [1.165, 1.54) is 11.8 Å². The zero-order valence-electron chi connectivity index (χ0n) is 11.0. The quantitative estimate of drug-likeness (QED) is 0.742. The summed E-state index contributed by atoms with van der Waals surface area (Å²) >= 11 is 1.26. The average molecular weight is 292 g/mol. The minimum absolute atomic E-state index is 0.0297. The Kier molecular flexibility index (Phi) is 7.22. The highest BCUT2D eigenvalue weighted by Gasteiger charge is 2.15. The Labute approximate surface area is 122 Å². The van der Waals surface area contributed by atoms with Crippen LogP contribution in [0.4, 0.5) is 5.69 Å². The Balaban J connectivity index is 2.66. The van der Waals surface area contributed by atoms with Gasteiger partial charge >= 0.3 is 5.97 Å². The van der Waals surface area contributed by atoms with Gasteiger partial charge in [-0.1, -0.05) is 18.2 Å². The van der Waals surface area contributed by atoms with Crippen molar-refractivity contribution in [1.82, 2.24) is 0 Å². The number of carboxylic acids is 1. The van der Waals surface area contributed by atoms with Gasteiger partial charge in [0.25, 0.3) is 0 Å². The summed E-state index contributed by atoms with van der Waals surface area (Å²) in [4.78, 5) is 24.3. The molecule has 0 aromatic heterocycles. The minimum Gasteiger partial charge on any atom is -0.481 e. The summed E-state index contributed by atoms with van der Waals surface area (Å²) < 4.78 is 0.